The van der Waals surface area contributed by atoms with Crippen LogP contribution in [0.1, 0.15) is 23.6 Å². The van der Waals surface area contributed by atoms with Crippen molar-refractivity contribution in [1.82, 2.24) is 0 Å². The minimum absolute atomic E-state index is 0.165. The standard InChI is InChI=1S/C25H21NO3/c1-2-19-7-6-10-24(16-19)28-18-25(27)29-23-13-11-20(12-14-23)15-22(17-26)21-8-4-3-5-9-21/h3-16H,2,18H2,1H3/b22-15-. The summed E-state index contributed by atoms with van der Waals surface area (Å²) in [5.41, 5.74) is 3.41. The summed E-state index contributed by atoms with van der Waals surface area (Å²) >= 11 is 0. The number of carbonyl (C=O) groups excluding carboxylic acids is 1. The molecule has 0 bridgehead atoms. The highest BCUT2D eigenvalue weighted by Crippen LogP contribution is 2.20. The molecule has 0 spiro atoms. The Morgan fingerprint density at radius 3 is 2.41 bits per heavy atom. The summed E-state index contributed by atoms with van der Waals surface area (Å²) in [4.78, 5) is 12.0. The number of benzene rings is 3. The largest absolute Gasteiger partial charge is 0.482 e. The molecule has 0 heterocycles. The van der Waals surface area contributed by atoms with Crippen LogP contribution in [-0.4, -0.2) is 12.6 Å². The second kappa shape index (κ2) is 9.91. The van der Waals surface area contributed by atoms with Gasteiger partial charge in [-0.25, -0.2) is 4.79 Å². The molecule has 3 rings (SSSR count). The fraction of sp³-hybridized carbons (Fsp3) is 0.120. The molecule has 4 heteroatoms. The van der Waals surface area contributed by atoms with Gasteiger partial charge in [0, 0.05) is 0 Å². The summed E-state index contributed by atoms with van der Waals surface area (Å²) in [6.45, 7) is 1.90. The molecule has 0 N–H and O–H groups in total. The van der Waals surface area contributed by atoms with E-state index in [1.54, 1.807) is 30.3 Å². The van der Waals surface area contributed by atoms with Gasteiger partial charge in [0.25, 0.3) is 0 Å². The van der Waals surface area contributed by atoms with Crippen molar-refractivity contribution < 1.29 is 14.3 Å². The van der Waals surface area contributed by atoms with Gasteiger partial charge in [0.15, 0.2) is 6.61 Å². The maximum absolute atomic E-state index is 12.0. The number of nitriles is 1. The van der Waals surface area contributed by atoms with E-state index in [4.69, 9.17) is 9.47 Å². The quantitative estimate of drug-likeness (QED) is 0.240. The van der Waals surface area contributed by atoms with E-state index in [0.29, 0.717) is 17.1 Å². The Morgan fingerprint density at radius 2 is 1.72 bits per heavy atom. The van der Waals surface area contributed by atoms with Crippen molar-refractivity contribution in [2.24, 2.45) is 0 Å². The van der Waals surface area contributed by atoms with Gasteiger partial charge in [-0.15, -0.1) is 0 Å². The van der Waals surface area contributed by atoms with Gasteiger partial charge in [-0.3, -0.25) is 0 Å². The number of ether oxygens (including phenoxy) is 2. The zero-order chi connectivity index (χ0) is 20.5. The molecule has 0 fully saturated rings. The minimum Gasteiger partial charge on any atom is -0.482 e. The van der Waals surface area contributed by atoms with Crippen LogP contribution in [-0.2, 0) is 11.2 Å². The minimum atomic E-state index is -0.475. The van der Waals surface area contributed by atoms with Crippen molar-refractivity contribution in [2.75, 3.05) is 6.61 Å². The molecule has 0 aliphatic carbocycles. The topological polar surface area (TPSA) is 59.3 Å². The molecule has 0 aliphatic rings. The van der Waals surface area contributed by atoms with E-state index in [-0.39, 0.29) is 6.61 Å². The number of rotatable bonds is 7. The molecule has 0 saturated heterocycles. The maximum Gasteiger partial charge on any atom is 0.349 e. The first-order valence-corrected chi connectivity index (χ1v) is 9.37. The lowest BCUT2D eigenvalue weighted by atomic mass is 10.0. The predicted octanol–water partition coefficient (Wildman–Crippen LogP) is 5.30. The number of allylic oxidation sites excluding steroid dienone is 1. The molecule has 3 aromatic carbocycles. The van der Waals surface area contributed by atoms with Gasteiger partial charge >= 0.3 is 5.97 Å². The third-order valence-electron chi connectivity index (χ3n) is 4.29. The molecule has 0 radical (unpaired) electrons. The third-order valence-corrected chi connectivity index (χ3v) is 4.29. The van der Waals surface area contributed by atoms with Crippen LogP contribution >= 0.6 is 0 Å². The average Bonchev–Trinajstić information content (AvgIpc) is 2.78. The molecule has 3 aromatic rings. The summed E-state index contributed by atoms with van der Waals surface area (Å²) in [7, 11) is 0. The van der Waals surface area contributed by atoms with E-state index < -0.39 is 5.97 Å². The van der Waals surface area contributed by atoms with Gasteiger partial charge in [-0.05, 0) is 53.5 Å². The van der Waals surface area contributed by atoms with E-state index in [1.165, 1.54) is 0 Å². The Morgan fingerprint density at radius 1 is 0.966 bits per heavy atom. The number of hydrogen-bond donors (Lipinski definition) is 0. The fourth-order valence-electron chi connectivity index (χ4n) is 2.75. The molecule has 0 atom stereocenters. The Bertz CT molecular complexity index is 1030. The normalized spacial score (nSPS) is 10.8. The number of nitrogens with zero attached hydrogens (tertiary/aromatic N) is 1. The van der Waals surface area contributed by atoms with Crippen molar-refractivity contribution in [2.45, 2.75) is 13.3 Å². The highest BCUT2D eigenvalue weighted by atomic mass is 16.6. The lowest BCUT2D eigenvalue weighted by Gasteiger charge is -2.08. The summed E-state index contributed by atoms with van der Waals surface area (Å²) in [5.74, 6) is 0.597. The number of hydrogen-bond acceptors (Lipinski definition) is 4. The van der Waals surface area contributed by atoms with Gasteiger partial charge in [0.1, 0.15) is 11.5 Å². The highest BCUT2D eigenvalue weighted by molar-refractivity contribution is 5.89. The van der Waals surface area contributed by atoms with Crippen LogP contribution in [0.5, 0.6) is 11.5 Å². The van der Waals surface area contributed by atoms with Gasteiger partial charge in [0.2, 0.25) is 0 Å². The van der Waals surface area contributed by atoms with Crippen LogP contribution < -0.4 is 9.47 Å². The molecular weight excluding hydrogens is 362 g/mol. The van der Waals surface area contributed by atoms with Crippen molar-refractivity contribution in [3.63, 3.8) is 0 Å². The first kappa shape index (κ1) is 19.9. The van der Waals surface area contributed by atoms with Crippen LogP contribution in [0.3, 0.4) is 0 Å². The highest BCUT2D eigenvalue weighted by Gasteiger charge is 2.07. The Kier molecular flexibility index (Phi) is 6.80. The lowest BCUT2D eigenvalue weighted by Crippen LogP contribution is -2.17. The van der Waals surface area contributed by atoms with Gasteiger partial charge in [0.05, 0.1) is 11.6 Å². The summed E-state index contributed by atoms with van der Waals surface area (Å²) in [5, 5.41) is 9.40. The summed E-state index contributed by atoms with van der Waals surface area (Å²) < 4.78 is 10.8. The molecule has 0 aliphatic heterocycles. The fourth-order valence-corrected chi connectivity index (χ4v) is 2.75. The maximum atomic E-state index is 12.0. The molecule has 29 heavy (non-hydrogen) atoms. The molecule has 0 amide bonds. The van der Waals surface area contributed by atoms with Crippen LogP contribution in [0, 0.1) is 11.3 Å². The summed E-state index contributed by atoms with van der Waals surface area (Å²) in [6, 6.07) is 26.3. The van der Waals surface area contributed by atoms with E-state index in [0.717, 1.165) is 23.1 Å². The number of esters is 1. The number of carbonyl (C=O) groups is 1. The second-order valence-corrected chi connectivity index (χ2v) is 6.37. The molecule has 144 valence electrons. The molecule has 0 unspecified atom stereocenters. The molecular formula is C25H21NO3. The molecule has 0 aromatic heterocycles. The summed E-state index contributed by atoms with van der Waals surface area (Å²) in [6.07, 6.45) is 2.70. The first-order chi connectivity index (χ1) is 14.2. The number of aryl methyl sites for hydroxylation is 1. The van der Waals surface area contributed by atoms with E-state index in [1.807, 2.05) is 54.6 Å². The lowest BCUT2D eigenvalue weighted by molar-refractivity contribution is -0.136. The van der Waals surface area contributed by atoms with Crippen molar-refractivity contribution in [3.8, 4) is 17.6 Å². The molecule has 0 saturated carbocycles. The van der Waals surface area contributed by atoms with Gasteiger partial charge < -0.3 is 9.47 Å². The Balaban J connectivity index is 1.59. The van der Waals surface area contributed by atoms with E-state index in [2.05, 4.69) is 13.0 Å². The SMILES string of the molecule is CCc1cccc(OCC(=O)Oc2ccc(/C=C(/C#N)c3ccccc3)cc2)c1. The third kappa shape index (κ3) is 5.82. The van der Waals surface area contributed by atoms with E-state index in [9.17, 15) is 10.1 Å². The van der Waals surface area contributed by atoms with Crippen LogP contribution in [0.15, 0.2) is 78.9 Å². The monoisotopic (exact) mass is 383 g/mol. The van der Waals surface area contributed by atoms with Crippen LogP contribution in [0.25, 0.3) is 11.6 Å². The smallest absolute Gasteiger partial charge is 0.349 e. The van der Waals surface area contributed by atoms with Crippen molar-refractivity contribution >= 4 is 17.6 Å². The van der Waals surface area contributed by atoms with Gasteiger partial charge in [-0.2, -0.15) is 5.26 Å². The van der Waals surface area contributed by atoms with Crippen molar-refractivity contribution in [3.05, 3.63) is 95.6 Å². The van der Waals surface area contributed by atoms with Gasteiger partial charge in [-0.1, -0.05) is 61.5 Å². The first-order valence-electron chi connectivity index (χ1n) is 9.37. The Hall–Kier alpha value is -3.84. The second-order valence-electron chi connectivity index (χ2n) is 6.37. The average molecular weight is 383 g/mol. The predicted molar refractivity (Wildman–Crippen MR) is 113 cm³/mol. The van der Waals surface area contributed by atoms with Crippen molar-refractivity contribution in [1.29, 1.82) is 5.26 Å². The zero-order valence-corrected chi connectivity index (χ0v) is 16.2. The van der Waals surface area contributed by atoms with Crippen LogP contribution in [0.4, 0.5) is 0 Å². The van der Waals surface area contributed by atoms with E-state index >= 15 is 0 Å². The molecule has 4 nitrogen and oxygen atoms in total. The van der Waals surface area contributed by atoms with Crippen LogP contribution in [0.2, 0.25) is 0 Å². The zero-order valence-electron chi connectivity index (χ0n) is 16.2. The Labute approximate surface area is 170 Å².